The quantitative estimate of drug-likeness (QED) is 0.379. The molecule has 0 radical (unpaired) electrons. The number of amidine groups is 1. The molecule has 0 saturated heterocycles. The maximum absolute atomic E-state index is 12.3. The van der Waals surface area contributed by atoms with E-state index < -0.39 is 14.8 Å². The second-order valence-electron chi connectivity index (χ2n) is 5.12. The first kappa shape index (κ1) is 15.3. The Kier molecular flexibility index (Phi) is 4.09. The Hall–Kier alpha value is -1.76. The summed E-state index contributed by atoms with van der Waals surface area (Å²) in [5.74, 6) is -0.0663. The SMILES string of the molecule is CN(c1cccc(C(N)=NO)c1)S(=O)(=O)C(C)(C)C. The first-order valence-corrected chi connectivity index (χ1v) is 7.11. The number of hydrogen-bond donors (Lipinski definition) is 2. The third-order valence-electron chi connectivity index (χ3n) is 2.75. The normalized spacial score (nSPS) is 13.4. The number of sulfonamides is 1. The molecular formula is C12H19N3O3S. The van der Waals surface area contributed by atoms with Crippen molar-refractivity contribution in [1.82, 2.24) is 0 Å². The third-order valence-corrected chi connectivity index (χ3v) is 5.23. The molecule has 0 fully saturated rings. The van der Waals surface area contributed by atoms with Crippen molar-refractivity contribution < 1.29 is 13.6 Å². The Labute approximate surface area is 113 Å². The predicted molar refractivity (Wildman–Crippen MR) is 76.0 cm³/mol. The van der Waals surface area contributed by atoms with E-state index in [1.807, 2.05) is 0 Å². The number of hydrogen-bond acceptors (Lipinski definition) is 4. The van der Waals surface area contributed by atoms with Gasteiger partial charge in [0.2, 0.25) is 10.0 Å². The zero-order valence-electron chi connectivity index (χ0n) is 11.5. The van der Waals surface area contributed by atoms with Gasteiger partial charge in [-0.1, -0.05) is 17.3 Å². The van der Waals surface area contributed by atoms with Crippen LogP contribution in [0.25, 0.3) is 0 Å². The minimum Gasteiger partial charge on any atom is -0.409 e. The lowest BCUT2D eigenvalue weighted by Crippen LogP contribution is -2.40. The highest BCUT2D eigenvalue weighted by Crippen LogP contribution is 2.25. The van der Waals surface area contributed by atoms with Gasteiger partial charge >= 0.3 is 0 Å². The maximum atomic E-state index is 12.3. The molecule has 3 N–H and O–H groups in total. The summed E-state index contributed by atoms with van der Waals surface area (Å²) in [4.78, 5) is 0. The highest BCUT2D eigenvalue weighted by Gasteiger charge is 2.33. The van der Waals surface area contributed by atoms with Crippen molar-refractivity contribution in [3.8, 4) is 0 Å². The van der Waals surface area contributed by atoms with Crippen LogP contribution in [0.5, 0.6) is 0 Å². The van der Waals surface area contributed by atoms with Crippen LogP contribution in [0.2, 0.25) is 0 Å². The van der Waals surface area contributed by atoms with Crippen LogP contribution in [0.4, 0.5) is 5.69 Å². The van der Waals surface area contributed by atoms with Crippen molar-refractivity contribution >= 4 is 21.5 Å². The number of anilines is 1. The highest BCUT2D eigenvalue weighted by atomic mass is 32.2. The van der Waals surface area contributed by atoms with E-state index in [9.17, 15) is 8.42 Å². The number of nitrogens with two attached hydrogens (primary N) is 1. The van der Waals surface area contributed by atoms with E-state index in [1.165, 1.54) is 11.4 Å². The summed E-state index contributed by atoms with van der Waals surface area (Å²) in [7, 11) is -2.01. The Morgan fingerprint density at radius 1 is 1.37 bits per heavy atom. The molecule has 0 aliphatic heterocycles. The Balaban J connectivity index is 3.26. The van der Waals surface area contributed by atoms with E-state index in [2.05, 4.69) is 5.16 Å². The molecule has 0 aliphatic rings. The van der Waals surface area contributed by atoms with Gasteiger partial charge in [-0.2, -0.15) is 0 Å². The molecule has 0 bridgehead atoms. The lowest BCUT2D eigenvalue weighted by atomic mass is 10.2. The summed E-state index contributed by atoms with van der Waals surface area (Å²) < 4.78 is 24.9. The molecule has 0 saturated carbocycles. The number of oxime groups is 1. The zero-order valence-corrected chi connectivity index (χ0v) is 12.3. The van der Waals surface area contributed by atoms with Crippen molar-refractivity contribution in [2.24, 2.45) is 10.9 Å². The molecule has 0 aromatic heterocycles. The van der Waals surface area contributed by atoms with Crippen molar-refractivity contribution in [1.29, 1.82) is 0 Å². The molecule has 6 nitrogen and oxygen atoms in total. The van der Waals surface area contributed by atoms with Gasteiger partial charge in [0.1, 0.15) is 0 Å². The standard InChI is InChI=1S/C12H19N3O3S/c1-12(2,3)19(17,18)15(4)10-7-5-6-9(8-10)11(13)14-16/h5-8,16H,1-4H3,(H2,13,14). The molecule has 106 valence electrons. The van der Waals surface area contributed by atoms with Crippen molar-refractivity contribution in [2.75, 3.05) is 11.4 Å². The number of rotatable bonds is 3. The average molecular weight is 285 g/mol. The molecule has 19 heavy (non-hydrogen) atoms. The Morgan fingerprint density at radius 3 is 2.42 bits per heavy atom. The van der Waals surface area contributed by atoms with Crippen LogP contribution in [0.1, 0.15) is 26.3 Å². The first-order chi connectivity index (χ1) is 8.61. The lowest BCUT2D eigenvalue weighted by molar-refractivity contribution is 0.318. The summed E-state index contributed by atoms with van der Waals surface area (Å²) in [5.41, 5.74) is 6.40. The minimum atomic E-state index is -3.49. The van der Waals surface area contributed by atoms with Crippen LogP contribution >= 0.6 is 0 Å². The molecule has 7 heteroatoms. The minimum absolute atomic E-state index is 0.0663. The van der Waals surface area contributed by atoms with E-state index in [-0.39, 0.29) is 5.84 Å². The van der Waals surface area contributed by atoms with Crippen LogP contribution < -0.4 is 10.0 Å². The van der Waals surface area contributed by atoms with Gasteiger partial charge in [-0.05, 0) is 32.9 Å². The average Bonchev–Trinajstić information content (AvgIpc) is 2.35. The highest BCUT2D eigenvalue weighted by molar-refractivity contribution is 7.94. The van der Waals surface area contributed by atoms with Crippen molar-refractivity contribution in [3.63, 3.8) is 0 Å². The van der Waals surface area contributed by atoms with Crippen LogP contribution in [0.15, 0.2) is 29.4 Å². The largest absolute Gasteiger partial charge is 0.409 e. The fourth-order valence-corrected chi connectivity index (χ4v) is 2.68. The predicted octanol–water partition coefficient (Wildman–Crippen LogP) is 1.35. The van der Waals surface area contributed by atoms with Crippen LogP contribution in [0.3, 0.4) is 0 Å². The Bertz CT molecular complexity index is 588. The molecule has 0 amide bonds. The van der Waals surface area contributed by atoms with Crippen LogP contribution in [-0.2, 0) is 10.0 Å². The van der Waals surface area contributed by atoms with E-state index in [0.29, 0.717) is 11.3 Å². The monoisotopic (exact) mass is 285 g/mol. The first-order valence-electron chi connectivity index (χ1n) is 5.67. The molecule has 0 spiro atoms. The summed E-state index contributed by atoms with van der Waals surface area (Å²) in [6.07, 6.45) is 0. The summed E-state index contributed by atoms with van der Waals surface area (Å²) in [5, 5.41) is 11.5. The van der Waals surface area contributed by atoms with E-state index in [1.54, 1.807) is 45.0 Å². The molecule has 0 unspecified atom stereocenters. The van der Waals surface area contributed by atoms with Gasteiger partial charge in [-0.25, -0.2) is 8.42 Å². The molecule has 0 atom stereocenters. The molecule has 1 aromatic rings. The fraction of sp³-hybridized carbons (Fsp3) is 0.417. The smallest absolute Gasteiger partial charge is 0.239 e. The van der Waals surface area contributed by atoms with Gasteiger partial charge in [0.25, 0.3) is 0 Å². The summed E-state index contributed by atoms with van der Waals surface area (Å²) in [6, 6.07) is 6.49. The van der Waals surface area contributed by atoms with Gasteiger partial charge in [0.05, 0.1) is 10.4 Å². The molecule has 1 rings (SSSR count). The van der Waals surface area contributed by atoms with Gasteiger partial charge in [-0.15, -0.1) is 0 Å². The molecule has 0 aliphatic carbocycles. The van der Waals surface area contributed by atoms with Gasteiger partial charge in [-0.3, -0.25) is 4.31 Å². The molecule has 0 heterocycles. The lowest BCUT2D eigenvalue weighted by Gasteiger charge is -2.28. The topological polar surface area (TPSA) is 96.0 Å². The van der Waals surface area contributed by atoms with Crippen molar-refractivity contribution in [2.45, 2.75) is 25.5 Å². The second-order valence-corrected chi connectivity index (χ2v) is 7.84. The van der Waals surface area contributed by atoms with Gasteiger partial charge in [0.15, 0.2) is 5.84 Å². The molecule has 1 aromatic carbocycles. The number of benzene rings is 1. The van der Waals surface area contributed by atoms with Gasteiger partial charge < -0.3 is 10.9 Å². The third kappa shape index (κ3) is 2.98. The molecular weight excluding hydrogens is 266 g/mol. The van der Waals surface area contributed by atoms with E-state index >= 15 is 0 Å². The summed E-state index contributed by atoms with van der Waals surface area (Å²) in [6.45, 7) is 4.89. The maximum Gasteiger partial charge on any atom is 0.239 e. The van der Waals surface area contributed by atoms with Crippen LogP contribution in [0, 0.1) is 0 Å². The fourth-order valence-electron chi connectivity index (χ4n) is 1.47. The van der Waals surface area contributed by atoms with E-state index in [4.69, 9.17) is 10.9 Å². The number of nitrogens with zero attached hydrogens (tertiary/aromatic N) is 2. The van der Waals surface area contributed by atoms with Crippen LogP contribution in [-0.4, -0.2) is 31.3 Å². The van der Waals surface area contributed by atoms with Crippen molar-refractivity contribution in [3.05, 3.63) is 29.8 Å². The summed E-state index contributed by atoms with van der Waals surface area (Å²) >= 11 is 0. The Morgan fingerprint density at radius 2 is 1.95 bits per heavy atom. The van der Waals surface area contributed by atoms with Gasteiger partial charge in [0, 0.05) is 12.6 Å². The second kappa shape index (κ2) is 5.08. The van der Waals surface area contributed by atoms with E-state index in [0.717, 1.165) is 0 Å². The zero-order chi connectivity index (χ0) is 14.8.